The average molecular weight is 477 g/mol. The summed E-state index contributed by atoms with van der Waals surface area (Å²) < 4.78 is 33.0. The molecule has 28 heavy (non-hydrogen) atoms. The molecule has 0 fully saturated rings. The lowest BCUT2D eigenvalue weighted by Gasteiger charge is -2.26. The SMILES string of the molecule is CC(C)P(=O)([O-])OCCCCCCSSCCCCCCOP(=O)([O-])C(C)C. The molecular formula is C18H38O6P2S2-2. The Morgan fingerprint density at radius 3 is 1.29 bits per heavy atom. The lowest BCUT2D eigenvalue weighted by atomic mass is 10.2. The minimum atomic E-state index is -3.65. The Morgan fingerprint density at radius 1 is 0.643 bits per heavy atom. The molecule has 0 spiro atoms. The van der Waals surface area contributed by atoms with Gasteiger partial charge in [-0.1, -0.05) is 75.0 Å². The van der Waals surface area contributed by atoms with Gasteiger partial charge < -0.3 is 28.0 Å². The van der Waals surface area contributed by atoms with E-state index in [0.717, 1.165) is 62.9 Å². The second-order valence-electron chi connectivity index (χ2n) is 7.41. The van der Waals surface area contributed by atoms with E-state index in [1.165, 1.54) is 0 Å². The summed E-state index contributed by atoms with van der Waals surface area (Å²) in [7, 11) is -3.53. The highest BCUT2D eigenvalue weighted by molar-refractivity contribution is 8.76. The van der Waals surface area contributed by atoms with Crippen molar-refractivity contribution >= 4 is 36.8 Å². The minimum absolute atomic E-state index is 0.301. The van der Waals surface area contributed by atoms with Gasteiger partial charge in [0, 0.05) is 22.8 Å². The molecule has 10 heteroatoms. The van der Waals surface area contributed by atoms with Gasteiger partial charge in [-0.05, 0) is 25.7 Å². The number of hydrogen-bond acceptors (Lipinski definition) is 8. The average Bonchev–Trinajstić information content (AvgIpc) is 2.60. The second kappa shape index (κ2) is 16.7. The first-order valence-corrected chi connectivity index (χ1v) is 16.0. The Hall–Kier alpha value is 1.000. The highest BCUT2D eigenvalue weighted by atomic mass is 33.1. The lowest BCUT2D eigenvalue weighted by Crippen LogP contribution is -2.14. The summed E-state index contributed by atoms with van der Waals surface area (Å²) in [5.41, 5.74) is -0.897. The fraction of sp³-hybridized carbons (Fsp3) is 1.00. The molecule has 0 amide bonds. The van der Waals surface area contributed by atoms with Crippen LogP contribution in [0, 0.1) is 0 Å². The Morgan fingerprint density at radius 2 is 0.964 bits per heavy atom. The van der Waals surface area contributed by atoms with E-state index >= 15 is 0 Å². The summed E-state index contributed by atoms with van der Waals surface area (Å²) in [4.78, 5) is 23.0. The molecule has 0 aromatic heterocycles. The van der Waals surface area contributed by atoms with Crippen LogP contribution in [-0.4, -0.2) is 36.0 Å². The molecule has 0 aromatic rings. The third-order valence-electron chi connectivity index (χ3n) is 4.13. The topological polar surface area (TPSA) is 98.7 Å². The first kappa shape index (κ1) is 29.0. The third kappa shape index (κ3) is 15.8. The van der Waals surface area contributed by atoms with E-state index in [4.69, 9.17) is 9.05 Å². The quantitative estimate of drug-likeness (QED) is 0.138. The molecule has 6 nitrogen and oxygen atoms in total. The molecule has 0 saturated heterocycles. The van der Waals surface area contributed by atoms with Gasteiger partial charge >= 0.3 is 0 Å². The van der Waals surface area contributed by atoms with Gasteiger partial charge in [-0.3, -0.25) is 0 Å². The molecule has 0 saturated carbocycles. The number of hydrogen-bond donors (Lipinski definition) is 0. The summed E-state index contributed by atoms with van der Waals surface area (Å²) in [6, 6.07) is 0. The molecular weight excluding hydrogens is 438 g/mol. The Kier molecular flexibility index (Phi) is 17.3. The second-order valence-corrected chi connectivity index (χ2v) is 14.8. The van der Waals surface area contributed by atoms with Crippen molar-refractivity contribution < 1.29 is 28.0 Å². The van der Waals surface area contributed by atoms with Gasteiger partial charge in [0.1, 0.15) is 15.2 Å². The van der Waals surface area contributed by atoms with Crippen LogP contribution in [0.2, 0.25) is 0 Å². The molecule has 0 aromatic carbocycles. The van der Waals surface area contributed by atoms with Crippen molar-refractivity contribution in [2.45, 2.75) is 90.4 Å². The maximum atomic E-state index is 11.5. The van der Waals surface area contributed by atoms with Crippen molar-refractivity contribution in [2.75, 3.05) is 24.7 Å². The normalized spacial score (nSPS) is 16.4. The van der Waals surface area contributed by atoms with E-state index in [-0.39, 0.29) is 0 Å². The van der Waals surface area contributed by atoms with E-state index in [2.05, 4.69) is 0 Å². The van der Waals surface area contributed by atoms with Crippen LogP contribution in [0.4, 0.5) is 0 Å². The predicted octanol–water partition coefficient (Wildman–Crippen LogP) is 5.45. The van der Waals surface area contributed by atoms with Crippen LogP contribution in [0.15, 0.2) is 0 Å². The van der Waals surface area contributed by atoms with Crippen LogP contribution in [0.1, 0.15) is 79.1 Å². The fourth-order valence-corrected chi connectivity index (χ4v) is 5.69. The first-order chi connectivity index (χ1) is 13.1. The van der Waals surface area contributed by atoms with Gasteiger partial charge in [-0.2, -0.15) is 0 Å². The molecule has 2 atom stereocenters. The molecule has 0 radical (unpaired) electrons. The smallest absolute Gasteiger partial charge is 0.137 e. The zero-order valence-corrected chi connectivity index (χ0v) is 21.2. The summed E-state index contributed by atoms with van der Waals surface area (Å²) >= 11 is 0. The highest BCUT2D eigenvalue weighted by Gasteiger charge is 2.13. The van der Waals surface area contributed by atoms with E-state index in [0.29, 0.717) is 13.2 Å². The molecule has 0 aliphatic heterocycles. The molecule has 0 aliphatic rings. The summed E-state index contributed by atoms with van der Waals surface area (Å²) in [6.45, 7) is 7.15. The van der Waals surface area contributed by atoms with E-state index < -0.39 is 26.5 Å². The molecule has 2 unspecified atom stereocenters. The monoisotopic (exact) mass is 476 g/mol. The van der Waals surface area contributed by atoms with Crippen molar-refractivity contribution in [1.29, 1.82) is 0 Å². The van der Waals surface area contributed by atoms with Gasteiger partial charge in [0.2, 0.25) is 0 Å². The fourth-order valence-electron chi connectivity index (χ4n) is 2.03. The van der Waals surface area contributed by atoms with Crippen molar-refractivity contribution in [3.63, 3.8) is 0 Å². The molecule has 0 aliphatic carbocycles. The predicted molar refractivity (Wildman–Crippen MR) is 119 cm³/mol. The highest BCUT2D eigenvalue weighted by Crippen LogP contribution is 2.43. The molecule has 0 rings (SSSR count). The molecule has 0 bridgehead atoms. The van der Waals surface area contributed by atoms with Crippen LogP contribution in [0.25, 0.3) is 0 Å². The maximum absolute atomic E-state index is 11.5. The van der Waals surface area contributed by atoms with Crippen LogP contribution in [0.5, 0.6) is 0 Å². The lowest BCUT2D eigenvalue weighted by molar-refractivity contribution is -0.201. The van der Waals surface area contributed by atoms with Gasteiger partial charge in [-0.25, -0.2) is 0 Å². The Labute approximate surface area is 179 Å². The Bertz CT molecular complexity index is 435. The van der Waals surface area contributed by atoms with E-state index in [9.17, 15) is 18.9 Å². The number of unbranched alkanes of at least 4 members (excludes halogenated alkanes) is 6. The van der Waals surface area contributed by atoms with Crippen molar-refractivity contribution in [3.05, 3.63) is 0 Å². The van der Waals surface area contributed by atoms with Gasteiger partial charge in [0.25, 0.3) is 0 Å². The van der Waals surface area contributed by atoms with Crippen molar-refractivity contribution in [1.82, 2.24) is 0 Å². The minimum Gasteiger partial charge on any atom is -0.778 e. The van der Waals surface area contributed by atoms with Crippen LogP contribution < -0.4 is 9.79 Å². The van der Waals surface area contributed by atoms with Crippen LogP contribution in [0.3, 0.4) is 0 Å². The number of rotatable bonds is 19. The molecule has 0 heterocycles. The standard InChI is InChI=1S/C18H40O6P2S2/c1-17(2)25(19,20)23-13-9-5-7-11-15-27-28-16-12-8-6-10-14-24-26(21,22)18(3)4/h17-18H,5-16H2,1-4H3,(H,19,20)(H,21,22)/p-2. The summed E-state index contributed by atoms with van der Waals surface area (Å²) in [6.07, 6.45) is 8.05. The summed E-state index contributed by atoms with van der Waals surface area (Å²) in [5.74, 6) is 2.22. The zero-order valence-electron chi connectivity index (χ0n) is 17.8. The molecule has 0 N–H and O–H groups in total. The van der Waals surface area contributed by atoms with Gasteiger partial charge in [0.15, 0.2) is 0 Å². The Balaban J connectivity index is 3.28. The summed E-state index contributed by atoms with van der Waals surface area (Å²) in [5, 5.41) is 0. The van der Waals surface area contributed by atoms with Gasteiger partial charge in [-0.15, -0.1) is 0 Å². The van der Waals surface area contributed by atoms with Crippen molar-refractivity contribution in [2.24, 2.45) is 0 Å². The maximum Gasteiger partial charge on any atom is 0.137 e. The zero-order chi connectivity index (χ0) is 21.5. The van der Waals surface area contributed by atoms with Crippen LogP contribution >= 0.6 is 36.8 Å². The molecule has 170 valence electrons. The van der Waals surface area contributed by atoms with E-state index in [1.54, 1.807) is 27.7 Å². The largest absolute Gasteiger partial charge is 0.778 e. The third-order valence-corrected chi connectivity index (χ3v) is 10.3. The van der Waals surface area contributed by atoms with Gasteiger partial charge in [0.05, 0.1) is 13.2 Å². The first-order valence-electron chi connectivity index (χ1n) is 10.2. The van der Waals surface area contributed by atoms with E-state index in [1.807, 2.05) is 21.6 Å². The van der Waals surface area contributed by atoms with Crippen LogP contribution in [-0.2, 0) is 18.2 Å². The van der Waals surface area contributed by atoms with Crippen molar-refractivity contribution in [3.8, 4) is 0 Å².